The number of para-hydroxylation sites is 2. The lowest BCUT2D eigenvalue weighted by molar-refractivity contribution is 1.18. The summed E-state index contributed by atoms with van der Waals surface area (Å²) >= 11 is 5.56. The summed E-state index contributed by atoms with van der Waals surface area (Å²) in [5.74, 6) is 0. The third kappa shape index (κ3) is 3.75. The first-order valence-electron chi connectivity index (χ1n) is 13.3. The van der Waals surface area contributed by atoms with E-state index in [2.05, 4.69) is 165 Å². The highest BCUT2D eigenvalue weighted by Gasteiger charge is 2.18. The molecule has 0 amide bonds. The molecule has 4 heteroatoms. The van der Waals surface area contributed by atoms with Crippen LogP contribution in [0.25, 0.3) is 47.7 Å². The van der Waals surface area contributed by atoms with Crippen molar-refractivity contribution in [3.63, 3.8) is 0 Å². The van der Waals surface area contributed by atoms with Gasteiger partial charge in [-0.15, -0.1) is 11.3 Å². The summed E-state index contributed by atoms with van der Waals surface area (Å²) in [4.78, 5) is 2.37. The molecule has 0 bridgehead atoms. The topological polar surface area (TPSA) is 8.17 Å². The van der Waals surface area contributed by atoms with Crippen LogP contribution in [0.15, 0.2) is 144 Å². The first kappa shape index (κ1) is 23.5. The molecule has 0 aliphatic heterocycles. The van der Waals surface area contributed by atoms with E-state index in [4.69, 9.17) is 0 Å². The molecule has 2 nitrogen and oxygen atoms in total. The Bertz CT molecular complexity index is 2180. The largest absolute Gasteiger partial charge is 0.310 e. The first-order valence-corrected chi connectivity index (χ1v) is 14.9. The molecule has 0 aliphatic carbocycles. The van der Waals surface area contributed by atoms with Gasteiger partial charge in [-0.3, -0.25) is 0 Å². The van der Waals surface area contributed by atoms with Crippen molar-refractivity contribution in [2.75, 3.05) is 4.90 Å². The van der Waals surface area contributed by atoms with Crippen LogP contribution < -0.4 is 4.90 Å². The summed E-state index contributed by atoms with van der Waals surface area (Å²) in [5.41, 5.74) is 6.91. The second-order valence-corrected chi connectivity index (χ2v) is 12.0. The Morgan fingerprint density at radius 2 is 1.10 bits per heavy atom. The van der Waals surface area contributed by atoms with Crippen LogP contribution in [0.3, 0.4) is 0 Å². The normalized spacial score (nSPS) is 11.6. The van der Waals surface area contributed by atoms with Gasteiger partial charge >= 0.3 is 0 Å². The number of benzene rings is 6. The van der Waals surface area contributed by atoms with E-state index in [1.54, 1.807) is 0 Å². The zero-order valence-electron chi connectivity index (χ0n) is 21.5. The van der Waals surface area contributed by atoms with Crippen molar-refractivity contribution >= 4 is 86.3 Å². The number of fused-ring (bicyclic) bond motifs is 6. The molecule has 0 radical (unpaired) electrons. The van der Waals surface area contributed by atoms with Crippen molar-refractivity contribution in [3.8, 4) is 5.69 Å². The molecule has 0 saturated carbocycles. The standard InChI is InChI=1S/C36H23BrN2S/c37-24-15-18-29-30-19-16-28(23-34(30)39(33(29)21-24)26-11-5-2-6-12-26)38(25-9-3-1-4-10-25)27-17-20-36-32(22-27)31-13-7-8-14-35(31)40-36/h1-23H. The van der Waals surface area contributed by atoms with Crippen LogP contribution >= 0.6 is 27.3 Å². The Morgan fingerprint density at radius 3 is 1.93 bits per heavy atom. The summed E-state index contributed by atoms with van der Waals surface area (Å²) in [6.07, 6.45) is 0. The molecule has 0 N–H and O–H groups in total. The van der Waals surface area contributed by atoms with Gasteiger partial charge in [0, 0.05) is 58.2 Å². The Hall–Kier alpha value is -4.38. The predicted molar refractivity (Wildman–Crippen MR) is 176 cm³/mol. The van der Waals surface area contributed by atoms with E-state index < -0.39 is 0 Å². The molecule has 40 heavy (non-hydrogen) atoms. The SMILES string of the molecule is Brc1ccc2c3ccc(N(c4ccccc4)c4ccc5sc6ccccc6c5c4)cc3n(-c3ccccc3)c2c1. The van der Waals surface area contributed by atoms with Crippen molar-refractivity contribution in [3.05, 3.63) is 144 Å². The van der Waals surface area contributed by atoms with Gasteiger partial charge in [-0.05, 0) is 72.8 Å². The average molecular weight is 596 g/mol. The molecule has 190 valence electrons. The van der Waals surface area contributed by atoms with E-state index in [9.17, 15) is 0 Å². The fourth-order valence-electron chi connectivity index (χ4n) is 5.85. The monoisotopic (exact) mass is 594 g/mol. The summed E-state index contributed by atoms with van der Waals surface area (Å²) in [6, 6.07) is 50.3. The van der Waals surface area contributed by atoms with Gasteiger partial charge in [-0.25, -0.2) is 0 Å². The molecule has 2 aromatic heterocycles. The molecule has 6 aromatic carbocycles. The second kappa shape index (κ2) is 9.37. The van der Waals surface area contributed by atoms with Crippen LogP contribution in [0.1, 0.15) is 0 Å². The maximum absolute atomic E-state index is 3.71. The van der Waals surface area contributed by atoms with Gasteiger partial charge in [-0.2, -0.15) is 0 Å². The quantitative estimate of drug-likeness (QED) is 0.197. The molecule has 8 aromatic rings. The molecule has 0 unspecified atom stereocenters. The molecular weight excluding hydrogens is 572 g/mol. The fourth-order valence-corrected chi connectivity index (χ4v) is 7.29. The molecule has 2 heterocycles. The Kier molecular flexibility index (Phi) is 5.51. The van der Waals surface area contributed by atoms with Gasteiger partial charge in [0.15, 0.2) is 0 Å². The Balaban J connectivity index is 1.40. The van der Waals surface area contributed by atoms with Gasteiger partial charge < -0.3 is 9.47 Å². The molecule has 0 spiro atoms. The fraction of sp³-hybridized carbons (Fsp3) is 0. The van der Waals surface area contributed by atoms with Gasteiger partial charge in [0.25, 0.3) is 0 Å². The van der Waals surface area contributed by atoms with E-state index in [-0.39, 0.29) is 0 Å². The van der Waals surface area contributed by atoms with E-state index >= 15 is 0 Å². The van der Waals surface area contributed by atoms with Crippen LogP contribution in [0.4, 0.5) is 17.1 Å². The highest BCUT2D eigenvalue weighted by atomic mass is 79.9. The maximum atomic E-state index is 3.71. The third-order valence-corrected chi connectivity index (χ3v) is 9.26. The van der Waals surface area contributed by atoms with Gasteiger partial charge in [-0.1, -0.05) is 82.7 Å². The van der Waals surface area contributed by atoms with E-state index in [0.29, 0.717) is 0 Å². The lowest BCUT2D eigenvalue weighted by atomic mass is 10.1. The third-order valence-electron chi connectivity index (χ3n) is 7.62. The zero-order valence-corrected chi connectivity index (χ0v) is 23.9. The summed E-state index contributed by atoms with van der Waals surface area (Å²) in [5, 5.41) is 5.08. The van der Waals surface area contributed by atoms with Crippen molar-refractivity contribution in [1.29, 1.82) is 0 Å². The van der Waals surface area contributed by atoms with Crippen molar-refractivity contribution in [2.24, 2.45) is 0 Å². The van der Waals surface area contributed by atoms with E-state index in [1.807, 2.05) is 11.3 Å². The van der Waals surface area contributed by atoms with Crippen molar-refractivity contribution < 1.29 is 0 Å². The maximum Gasteiger partial charge on any atom is 0.0561 e. The van der Waals surface area contributed by atoms with Crippen molar-refractivity contribution in [1.82, 2.24) is 4.57 Å². The van der Waals surface area contributed by atoms with E-state index in [0.717, 1.165) is 27.2 Å². The van der Waals surface area contributed by atoms with Crippen LogP contribution in [0, 0.1) is 0 Å². The number of aromatic nitrogens is 1. The molecule has 8 rings (SSSR count). The highest BCUT2D eigenvalue weighted by Crippen LogP contribution is 2.42. The zero-order chi connectivity index (χ0) is 26.6. The molecule has 0 aliphatic rings. The second-order valence-electron chi connectivity index (χ2n) is 9.98. The minimum Gasteiger partial charge on any atom is -0.310 e. The Labute approximate surface area is 244 Å². The number of thiophene rings is 1. The summed E-state index contributed by atoms with van der Waals surface area (Å²) < 4.78 is 6.07. The van der Waals surface area contributed by atoms with Crippen LogP contribution in [-0.2, 0) is 0 Å². The number of hydrogen-bond acceptors (Lipinski definition) is 2. The lowest BCUT2D eigenvalue weighted by Gasteiger charge is -2.26. The molecule has 0 fully saturated rings. The molecule has 0 saturated heterocycles. The number of hydrogen-bond donors (Lipinski definition) is 0. The van der Waals surface area contributed by atoms with Crippen LogP contribution in [0.5, 0.6) is 0 Å². The minimum absolute atomic E-state index is 1.07. The minimum atomic E-state index is 1.07. The summed E-state index contributed by atoms with van der Waals surface area (Å²) in [7, 11) is 0. The average Bonchev–Trinajstić information content (AvgIpc) is 3.53. The highest BCUT2D eigenvalue weighted by molar-refractivity contribution is 9.10. The lowest BCUT2D eigenvalue weighted by Crippen LogP contribution is -2.09. The molecule has 0 atom stereocenters. The number of rotatable bonds is 4. The van der Waals surface area contributed by atoms with Crippen LogP contribution in [-0.4, -0.2) is 4.57 Å². The van der Waals surface area contributed by atoms with E-state index in [1.165, 1.54) is 42.0 Å². The van der Waals surface area contributed by atoms with Gasteiger partial charge in [0.05, 0.1) is 11.0 Å². The number of nitrogens with zero attached hydrogens (tertiary/aromatic N) is 2. The number of anilines is 3. The molecular formula is C36H23BrN2S. The van der Waals surface area contributed by atoms with Gasteiger partial charge in [0.2, 0.25) is 0 Å². The first-order chi connectivity index (χ1) is 19.7. The number of halogens is 1. The van der Waals surface area contributed by atoms with Crippen molar-refractivity contribution in [2.45, 2.75) is 0 Å². The Morgan fingerprint density at radius 1 is 0.475 bits per heavy atom. The summed E-state index contributed by atoms with van der Waals surface area (Å²) in [6.45, 7) is 0. The van der Waals surface area contributed by atoms with Crippen LogP contribution in [0.2, 0.25) is 0 Å². The van der Waals surface area contributed by atoms with Gasteiger partial charge in [0.1, 0.15) is 0 Å². The predicted octanol–water partition coefficient (Wildman–Crippen LogP) is 11.4. The smallest absolute Gasteiger partial charge is 0.0561 e.